The first-order chi connectivity index (χ1) is 28.4. The maximum absolute atomic E-state index is 12.1. The monoisotopic (exact) mass is 813 g/mol. The molecule has 0 radical (unpaired) electrons. The number of esters is 1. The molecule has 0 aliphatic carbocycles. The molecule has 58 heavy (non-hydrogen) atoms. The standard InChI is InChI=1S/C45H59N5O7S/c1-4-5-6-7-8-9-10-12-17-39(35-51)31-44(52)57-29-28-56-27-26-55-25-24-54-23-22-53-21-20-50(34-38-15-13-11-14-16-38)40-18-19-42(36(2)30-40)48-49-45-41(32-46)37(3)43(33-47)58-45/h10-16,18-19,30,35,39H,4-9,17,20-29,31,34H2,1-3H3/b12-10+,49-48?. The number of rotatable bonds is 31. The molecule has 3 rings (SSSR count). The van der Waals surface area contributed by atoms with Gasteiger partial charge in [-0.3, -0.25) is 4.79 Å². The van der Waals surface area contributed by atoms with Crippen LogP contribution in [0.4, 0.5) is 16.4 Å². The highest BCUT2D eigenvalue weighted by atomic mass is 32.1. The molecule has 0 bridgehead atoms. The minimum absolute atomic E-state index is 0.0752. The second-order valence-corrected chi connectivity index (χ2v) is 14.7. The molecule has 0 aliphatic rings. The Kier molecular flexibility index (Phi) is 24.2. The Morgan fingerprint density at radius 1 is 0.828 bits per heavy atom. The third-order valence-corrected chi connectivity index (χ3v) is 10.2. The first-order valence-electron chi connectivity index (χ1n) is 20.2. The molecule has 0 saturated heterocycles. The van der Waals surface area contributed by atoms with Crippen LogP contribution in [0.5, 0.6) is 0 Å². The number of aryl methyl sites for hydroxylation is 1. The highest BCUT2D eigenvalue weighted by Gasteiger charge is 2.16. The van der Waals surface area contributed by atoms with E-state index in [1.54, 1.807) is 6.92 Å². The molecule has 2 aromatic carbocycles. The van der Waals surface area contributed by atoms with Gasteiger partial charge in [0.15, 0.2) is 5.00 Å². The van der Waals surface area contributed by atoms with Gasteiger partial charge in [-0.25, -0.2) is 0 Å². The topological polar surface area (TPSA) is 156 Å². The quantitative estimate of drug-likeness (QED) is 0.0202. The molecule has 3 aromatic rings. The Labute approximate surface area is 348 Å². The van der Waals surface area contributed by atoms with Gasteiger partial charge in [-0.15, -0.1) is 21.6 Å². The highest BCUT2D eigenvalue weighted by molar-refractivity contribution is 7.16. The van der Waals surface area contributed by atoms with Gasteiger partial charge < -0.3 is 33.4 Å². The second kappa shape index (κ2) is 29.5. The van der Waals surface area contributed by atoms with Crippen LogP contribution in [0, 0.1) is 42.4 Å². The van der Waals surface area contributed by atoms with Gasteiger partial charge in [0.05, 0.1) is 70.5 Å². The van der Waals surface area contributed by atoms with Crippen LogP contribution in [0.15, 0.2) is 70.9 Å². The van der Waals surface area contributed by atoms with Crippen molar-refractivity contribution in [2.45, 2.75) is 78.7 Å². The van der Waals surface area contributed by atoms with Gasteiger partial charge in [0.25, 0.3) is 0 Å². The number of unbranched alkanes of at least 4 members (excludes halogenated alkanes) is 5. The number of aldehydes is 1. The fraction of sp³-hybridized carbons (Fsp3) is 0.511. The molecule has 13 heteroatoms. The lowest BCUT2D eigenvalue weighted by Crippen LogP contribution is -2.27. The van der Waals surface area contributed by atoms with E-state index in [9.17, 15) is 20.1 Å². The van der Waals surface area contributed by atoms with Crippen molar-refractivity contribution in [2.24, 2.45) is 16.1 Å². The van der Waals surface area contributed by atoms with E-state index < -0.39 is 5.97 Å². The van der Waals surface area contributed by atoms with Gasteiger partial charge in [-0.05, 0) is 68.0 Å². The molecule has 0 amide bonds. The molecule has 312 valence electrons. The van der Waals surface area contributed by atoms with Crippen LogP contribution in [-0.4, -0.2) is 78.3 Å². The van der Waals surface area contributed by atoms with Crippen LogP contribution in [0.2, 0.25) is 0 Å². The number of azo groups is 1. The predicted octanol–water partition coefficient (Wildman–Crippen LogP) is 9.65. The van der Waals surface area contributed by atoms with Crippen molar-refractivity contribution in [3.63, 3.8) is 0 Å². The lowest BCUT2D eigenvalue weighted by molar-refractivity contribution is -0.147. The van der Waals surface area contributed by atoms with Crippen LogP contribution in [0.3, 0.4) is 0 Å². The maximum atomic E-state index is 12.1. The van der Waals surface area contributed by atoms with Crippen molar-refractivity contribution in [1.29, 1.82) is 10.5 Å². The number of allylic oxidation sites excluding steroid dienone is 2. The lowest BCUT2D eigenvalue weighted by atomic mass is 10.0. The summed E-state index contributed by atoms with van der Waals surface area (Å²) in [6.45, 7) is 10.7. The molecule has 0 aliphatic heterocycles. The van der Waals surface area contributed by atoms with Crippen LogP contribution in [0.1, 0.15) is 85.4 Å². The Morgan fingerprint density at radius 2 is 1.50 bits per heavy atom. The summed E-state index contributed by atoms with van der Waals surface area (Å²) in [5.74, 6) is -0.756. The van der Waals surface area contributed by atoms with E-state index in [1.165, 1.54) is 42.6 Å². The SMILES string of the molecule is CCCCCCC/C=C/CC(C=O)CC(=O)OCCOCCOCCOCCOCCN(Cc1ccccc1)c1ccc(N=Nc2sc(C#N)c(C)c2C#N)c(C)c1. The summed E-state index contributed by atoms with van der Waals surface area (Å²) >= 11 is 1.17. The number of carbonyl (C=O) groups is 2. The Bertz CT molecular complexity index is 1780. The average molecular weight is 814 g/mol. The van der Waals surface area contributed by atoms with Crippen molar-refractivity contribution in [2.75, 3.05) is 70.9 Å². The summed E-state index contributed by atoms with van der Waals surface area (Å²) in [4.78, 5) is 26.2. The Hall–Kier alpha value is -4.76. The summed E-state index contributed by atoms with van der Waals surface area (Å²) in [6, 6.07) is 20.5. The molecule has 0 fully saturated rings. The second-order valence-electron chi connectivity index (χ2n) is 13.7. The van der Waals surface area contributed by atoms with Gasteiger partial charge in [0.2, 0.25) is 0 Å². The maximum Gasteiger partial charge on any atom is 0.306 e. The molecule has 1 heterocycles. The molecule has 12 nitrogen and oxygen atoms in total. The lowest BCUT2D eigenvalue weighted by Gasteiger charge is -2.25. The van der Waals surface area contributed by atoms with E-state index in [1.807, 2.05) is 43.3 Å². The summed E-state index contributed by atoms with van der Waals surface area (Å²) in [7, 11) is 0. The predicted molar refractivity (Wildman–Crippen MR) is 227 cm³/mol. The van der Waals surface area contributed by atoms with E-state index in [0.29, 0.717) is 92.5 Å². The van der Waals surface area contributed by atoms with Gasteiger partial charge in [-0.2, -0.15) is 10.5 Å². The van der Waals surface area contributed by atoms with Crippen molar-refractivity contribution >= 4 is 40.0 Å². The molecular formula is C45H59N5O7S. The number of hydrogen-bond donors (Lipinski definition) is 0. The third kappa shape index (κ3) is 18.7. The zero-order valence-electron chi connectivity index (χ0n) is 34.4. The van der Waals surface area contributed by atoms with Gasteiger partial charge in [0, 0.05) is 24.7 Å². The Morgan fingerprint density at radius 3 is 2.14 bits per heavy atom. The van der Waals surface area contributed by atoms with Crippen molar-refractivity contribution in [1.82, 2.24) is 0 Å². The average Bonchev–Trinajstić information content (AvgIpc) is 3.55. The fourth-order valence-corrected chi connectivity index (χ4v) is 6.70. The number of anilines is 1. The molecular weight excluding hydrogens is 755 g/mol. The van der Waals surface area contributed by atoms with E-state index in [2.05, 4.69) is 58.5 Å². The third-order valence-electron chi connectivity index (χ3n) is 9.17. The summed E-state index contributed by atoms with van der Waals surface area (Å²) < 4.78 is 27.8. The van der Waals surface area contributed by atoms with Crippen molar-refractivity contribution < 1.29 is 33.3 Å². The zero-order valence-corrected chi connectivity index (χ0v) is 35.2. The molecule has 0 spiro atoms. The number of thiophene rings is 1. The molecule has 1 unspecified atom stereocenters. The molecule has 0 saturated carbocycles. The zero-order chi connectivity index (χ0) is 41.6. The summed E-state index contributed by atoms with van der Waals surface area (Å²) in [5.41, 5.74) is 4.82. The van der Waals surface area contributed by atoms with E-state index >= 15 is 0 Å². The molecule has 0 N–H and O–H groups in total. The molecule has 1 aromatic heterocycles. The van der Waals surface area contributed by atoms with E-state index in [4.69, 9.17) is 23.7 Å². The Balaban J connectivity index is 1.26. The largest absolute Gasteiger partial charge is 0.463 e. The number of nitrogens with zero attached hydrogens (tertiary/aromatic N) is 5. The summed E-state index contributed by atoms with van der Waals surface area (Å²) in [5, 5.41) is 28.0. The number of hydrogen-bond acceptors (Lipinski definition) is 13. The smallest absolute Gasteiger partial charge is 0.306 e. The van der Waals surface area contributed by atoms with Crippen molar-refractivity contribution in [3.8, 4) is 12.1 Å². The highest BCUT2D eigenvalue weighted by Crippen LogP contribution is 2.36. The number of benzene rings is 2. The van der Waals surface area contributed by atoms with E-state index in [-0.39, 0.29) is 25.6 Å². The molecule has 1 atom stereocenters. The first kappa shape index (κ1) is 47.6. The van der Waals surface area contributed by atoms with Crippen LogP contribution in [0.25, 0.3) is 0 Å². The number of nitriles is 2. The minimum Gasteiger partial charge on any atom is -0.463 e. The fourth-order valence-electron chi connectivity index (χ4n) is 5.82. The van der Waals surface area contributed by atoms with Crippen LogP contribution >= 0.6 is 11.3 Å². The minimum atomic E-state index is -0.392. The van der Waals surface area contributed by atoms with Crippen LogP contribution in [-0.2, 0) is 39.8 Å². The summed E-state index contributed by atoms with van der Waals surface area (Å²) in [6.07, 6.45) is 12.7. The number of ether oxygens (including phenoxy) is 5. The first-order valence-corrected chi connectivity index (χ1v) is 21.0. The van der Waals surface area contributed by atoms with E-state index in [0.717, 1.165) is 30.4 Å². The normalized spacial score (nSPS) is 11.8. The van der Waals surface area contributed by atoms with Crippen LogP contribution < -0.4 is 4.90 Å². The number of carbonyl (C=O) groups excluding carboxylic acids is 2. The van der Waals surface area contributed by atoms with Gasteiger partial charge in [-0.1, -0.05) is 75.1 Å². The van der Waals surface area contributed by atoms with Gasteiger partial charge >= 0.3 is 5.97 Å². The van der Waals surface area contributed by atoms with Crippen molar-refractivity contribution in [3.05, 3.63) is 87.8 Å². The van der Waals surface area contributed by atoms with Gasteiger partial charge in [0.1, 0.15) is 29.9 Å².